The Balaban J connectivity index is 1.80. The minimum absolute atomic E-state index is 0.0165. The molecule has 1 N–H and O–H groups in total. The molecule has 3 heterocycles. The van der Waals surface area contributed by atoms with Crippen LogP contribution in [0.2, 0.25) is 0 Å². The molecular weight excluding hydrogens is 408 g/mol. The van der Waals surface area contributed by atoms with Gasteiger partial charge in [0.15, 0.2) is 0 Å². The zero-order valence-corrected chi connectivity index (χ0v) is 19.4. The number of nitrogens with one attached hydrogen (secondary N) is 1. The molecule has 0 spiro atoms. The first-order valence-electron chi connectivity index (χ1n) is 11.7. The van der Waals surface area contributed by atoms with Crippen molar-refractivity contribution < 1.29 is 9.25 Å². The normalized spacial score (nSPS) is 16.7. The van der Waals surface area contributed by atoms with Gasteiger partial charge in [0.05, 0.1) is 5.71 Å². The van der Waals surface area contributed by atoms with Crippen LogP contribution in [0.15, 0.2) is 37.5 Å². The van der Waals surface area contributed by atoms with Gasteiger partial charge in [0.25, 0.3) is 5.56 Å². The number of fused-ring (bicyclic) bond motifs is 1. The molecule has 0 radical (unpaired) electrons. The first-order chi connectivity index (χ1) is 15.5. The SMILES string of the molecule is C=C(CC)N1CCCC1C/C(CC)=N/Oc1nc2oc(=O)cc(CCCCC)c2c(=O)[nH]1. The predicted octanol–water partition coefficient (Wildman–Crippen LogP) is 4.53. The van der Waals surface area contributed by atoms with E-state index in [1.165, 1.54) is 6.07 Å². The number of allylic oxidation sites excluding steroid dienone is 1. The van der Waals surface area contributed by atoms with Gasteiger partial charge in [0.2, 0.25) is 5.71 Å². The highest BCUT2D eigenvalue weighted by Crippen LogP contribution is 2.26. The number of oxime groups is 1. The summed E-state index contributed by atoms with van der Waals surface area (Å²) in [6.07, 6.45) is 8.23. The quantitative estimate of drug-likeness (QED) is 0.312. The molecule has 8 nitrogen and oxygen atoms in total. The van der Waals surface area contributed by atoms with Crippen molar-refractivity contribution in [2.24, 2.45) is 5.16 Å². The molecule has 1 aliphatic rings. The van der Waals surface area contributed by atoms with Gasteiger partial charge in [-0.15, -0.1) is 0 Å². The van der Waals surface area contributed by atoms with E-state index in [1.54, 1.807) is 0 Å². The molecule has 2 aromatic rings. The minimum Gasteiger partial charge on any atom is -0.403 e. The third-order valence-corrected chi connectivity index (χ3v) is 6.06. The minimum atomic E-state index is -0.525. The lowest BCUT2D eigenvalue weighted by molar-refractivity contribution is 0.297. The van der Waals surface area contributed by atoms with Gasteiger partial charge in [-0.05, 0) is 44.1 Å². The van der Waals surface area contributed by atoms with Crippen LogP contribution in [0.3, 0.4) is 0 Å². The monoisotopic (exact) mass is 442 g/mol. The van der Waals surface area contributed by atoms with E-state index in [-0.39, 0.29) is 11.7 Å². The summed E-state index contributed by atoms with van der Waals surface area (Å²) in [6.45, 7) is 11.4. The fourth-order valence-electron chi connectivity index (χ4n) is 4.23. The molecule has 0 amide bonds. The highest BCUT2D eigenvalue weighted by molar-refractivity contribution is 5.84. The van der Waals surface area contributed by atoms with Gasteiger partial charge >= 0.3 is 11.6 Å². The Morgan fingerprint density at radius 3 is 2.84 bits per heavy atom. The van der Waals surface area contributed by atoms with Crippen molar-refractivity contribution >= 4 is 16.8 Å². The summed E-state index contributed by atoms with van der Waals surface area (Å²) in [5.74, 6) is 0. The van der Waals surface area contributed by atoms with Crippen LogP contribution in [0.4, 0.5) is 0 Å². The molecule has 1 atom stereocenters. The summed E-state index contributed by atoms with van der Waals surface area (Å²) in [7, 11) is 0. The topological polar surface area (TPSA) is 101 Å². The Bertz CT molecular complexity index is 1090. The van der Waals surface area contributed by atoms with E-state index in [0.29, 0.717) is 23.4 Å². The first kappa shape index (κ1) is 23.8. The molecule has 0 aliphatic carbocycles. The van der Waals surface area contributed by atoms with Crippen LogP contribution in [-0.2, 0) is 6.42 Å². The van der Waals surface area contributed by atoms with Gasteiger partial charge in [0.1, 0.15) is 5.39 Å². The van der Waals surface area contributed by atoms with Crippen molar-refractivity contribution in [3.8, 4) is 6.01 Å². The highest BCUT2D eigenvalue weighted by atomic mass is 16.6. The second-order valence-corrected chi connectivity index (χ2v) is 8.31. The van der Waals surface area contributed by atoms with Crippen molar-refractivity contribution in [2.45, 2.75) is 84.6 Å². The number of likely N-dealkylation sites (tertiary alicyclic amines) is 1. The van der Waals surface area contributed by atoms with Crippen LogP contribution in [-0.4, -0.2) is 33.2 Å². The summed E-state index contributed by atoms with van der Waals surface area (Å²) in [6, 6.07) is 1.65. The first-order valence-corrected chi connectivity index (χ1v) is 11.7. The van der Waals surface area contributed by atoms with Crippen molar-refractivity contribution in [1.29, 1.82) is 0 Å². The van der Waals surface area contributed by atoms with Crippen molar-refractivity contribution in [3.63, 3.8) is 0 Å². The highest BCUT2D eigenvalue weighted by Gasteiger charge is 2.26. The lowest BCUT2D eigenvalue weighted by Crippen LogP contribution is -2.30. The molecule has 1 unspecified atom stereocenters. The molecule has 1 fully saturated rings. The number of unbranched alkanes of at least 4 members (excludes halogenated alkanes) is 2. The summed E-state index contributed by atoms with van der Waals surface area (Å²) >= 11 is 0. The van der Waals surface area contributed by atoms with Crippen LogP contribution in [0.1, 0.15) is 77.7 Å². The lowest BCUT2D eigenvalue weighted by atomic mass is 10.1. The maximum atomic E-state index is 12.7. The van der Waals surface area contributed by atoms with E-state index in [1.807, 2.05) is 6.92 Å². The Hall–Kier alpha value is -2.90. The molecule has 32 heavy (non-hydrogen) atoms. The van der Waals surface area contributed by atoms with Crippen molar-refractivity contribution in [2.75, 3.05) is 6.54 Å². The molecule has 0 bridgehead atoms. The molecule has 2 aromatic heterocycles. The lowest BCUT2D eigenvalue weighted by Gasteiger charge is -2.28. The van der Waals surface area contributed by atoms with Gasteiger partial charge < -0.3 is 14.2 Å². The van der Waals surface area contributed by atoms with Gasteiger partial charge in [-0.25, -0.2) is 4.79 Å². The van der Waals surface area contributed by atoms with Crippen LogP contribution < -0.4 is 16.0 Å². The second kappa shape index (κ2) is 11.1. The average molecular weight is 443 g/mol. The van der Waals surface area contributed by atoms with Crippen LogP contribution >= 0.6 is 0 Å². The van der Waals surface area contributed by atoms with Gasteiger partial charge in [-0.3, -0.25) is 9.78 Å². The molecular formula is C24H34N4O4. The van der Waals surface area contributed by atoms with Crippen molar-refractivity contribution in [1.82, 2.24) is 14.9 Å². The number of aromatic amines is 1. The maximum absolute atomic E-state index is 12.7. The Morgan fingerprint density at radius 1 is 1.31 bits per heavy atom. The zero-order chi connectivity index (χ0) is 23.1. The van der Waals surface area contributed by atoms with Crippen molar-refractivity contribution in [3.05, 3.63) is 44.7 Å². The molecule has 1 saturated heterocycles. The molecule has 8 heteroatoms. The molecule has 1 aliphatic heterocycles. The van der Waals surface area contributed by atoms with Gasteiger partial charge in [-0.2, -0.15) is 4.98 Å². The largest absolute Gasteiger partial charge is 0.403 e. The van der Waals surface area contributed by atoms with E-state index >= 15 is 0 Å². The summed E-state index contributed by atoms with van der Waals surface area (Å²) in [5.41, 5.74) is 1.74. The van der Waals surface area contributed by atoms with E-state index in [2.05, 4.69) is 40.4 Å². The standard InChI is InChI=1S/C24H34N4O4/c1-5-8-9-11-17-14-20(29)31-23-21(17)22(30)25-24(26-23)32-27-18(7-3)15-19-12-10-13-28(19)16(4)6-2/h14,19H,4-13,15H2,1-3H3,(H,25,26,30)/b27-18+. The zero-order valence-electron chi connectivity index (χ0n) is 19.4. The Morgan fingerprint density at radius 2 is 2.12 bits per heavy atom. The number of nitrogens with zero attached hydrogens (tertiary/aromatic N) is 3. The molecule has 0 aromatic carbocycles. The van der Waals surface area contributed by atoms with E-state index in [0.717, 1.165) is 69.3 Å². The number of rotatable bonds is 11. The maximum Gasteiger partial charge on any atom is 0.337 e. The molecule has 0 saturated carbocycles. The third kappa shape index (κ3) is 5.66. The molecule has 174 valence electrons. The number of H-pyrrole nitrogens is 1. The van der Waals surface area contributed by atoms with E-state index in [4.69, 9.17) is 9.25 Å². The Kier molecular flexibility index (Phi) is 8.25. The van der Waals surface area contributed by atoms with Gasteiger partial charge in [0, 0.05) is 30.8 Å². The van der Waals surface area contributed by atoms with Crippen LogP contribution in [0.5, 0.6) is 6.01 Å². The predicted molar refractivity (Wildman–Crippen MR) is 126 cm³/mol. The number of hydrogen-bond donors (Lipinski definition) is 1. The number of hydrogen-bond acceptors (Lipinski definition) is 7. The number of aromatic nitrogens is 2. The fourth-order valence-corrected chi connectivity index (χ4v) is 4.23. The van der Waals surface area contributed by atoms with Crippen LogP contribution in [0.25, 0.3) is 11.1 Å². The smallest absolute Gasteiger partial charge is 0.337 e. The second-order valence-electron chi connectivity index (χ2n) is 8.31. The van der Waals surface area contributed by atoms with Crippen LogP contribution in [0, 0.1) is 0 Å². The van der Waals surface area contributed by atoms with E-state index in [9.17, 15) is 9.59 Å². The van der Waals surface area contributed by atoms with Gasteiger partial charge in [-0.1, -0.05) is 45.3 Å². The summed E-state index contributed by atoms with van der Waals surface area (Å²) in [4.78, 5) is 39.3. The summed E-state index contributed by atoms with van der Waals surface area (Å²) < 4.78 is 5.19. The summed E-state index contributed by atoms with van der Waals surface area (Å²) in [5, 5.41) is 4.56. The third-order valence-electron chi connectivity index (χ3n) is 6.06. The average Bonchev–Trinajstić information content (AvgIpc) is 3.23. The Labute approximate surface area is 188 Å². The number of aryl methyl sites for hydroxylation is 1. The fraction of sp³-hybridized carbons (Fsp3) is 0.583. The van der Waals surface area contributed by atoms with E-state index < -0.39 is 11.2 Å². The molecule has 3 rings (SSSR count).